The Hall–Kier alpha value is -1.89. The molecule has 0 spiro atoms. The second kappa shape index (κ2) is 3.46. The first kappa shape index (κ1) is 8.70. The van der Waals surface area contributed by atoms with Gasteiger partial charge in [-0.1, -0.05) is 17.3 Å². The summed E-state index contributed by atoms with van der Waals surface area (Å²) >= 11 is 0. The van der Waals surface area contributed by atoms with Gasteiger partial charge in [0.05, 0.1) is 24.0 Å². The zero-order chi connectivity index (χ0) is 9.97. The fourth-order valence-corrected chi connectivity index (χ4v) is 1.35. The lowest BCUT2D eigenvalue weighted by Crippen LogP contribution is -2.07. The smallest absolute Gasteiger partial charge is 0.113 e. The van der Waals surface area contributed by atoms with E-state index in [1.165, 1.54) is 0 Å². The van der Waals surface area contributed by atoms with Gasteiger partial charge < -0.3 is 0 Å². The Bertz CT molecular complexity index is 480. The molecule has 1 heterocycles. The molecule has 0 aliphatic heterocycles. The maximum Gasteiger partial charge on any atom is 0.113 e. The van der Waals surface area contributed by atoms with E-state index in [0.29, 0.717) is 6.54 Å². The first-order valence-electron chi connectivity index (χ1n) is 4.49. The van der Waals surface area contributed by atoms with Gasteiger partial charge in [0.1, 0.15) is 5.52 Å². The fourth-order valence-electron chi connectivity index (χ4n) is 1.35. The lowest BCUT2D eigenvalue weighted by molar-refractivity contribution is 0.526. The van der Waals surface area contributed by atoms with Gasteiger partial charge in [-0.3, -0.25) is 0 Å². The summed E-state index contributed by atoms with van der Waals surface area (Å²) in [5, 5.41) is 16.7. The Morgan fingerprint density at radius 1 is 1.50 bits per heavy atom. The third kappa shape index (κ3) is 1.44. The second-order valence-corrected chi connectivity index (χ2v) is 3.29. The van der Waals surface area contributed by atoms with Gasteiger partial charge in [-0.2, -0.15) is 5.26 Å². The monoisotopic (exact) mass is 186 g/mol. The maximum absolute atomic E-state index is 8.69. The van der Waals surface area contributed by atoms with Crippen LogP contribution in [0.1, 0.15) is 6.92 Å². The predicted octanol–water partition coefficient (Wildman–Crippen LogP) is 1.59. The zero-order valence-electron chi connectivity index (χ0n) is 7.88. The Morgan fingerprint density at radius 3 is 3.07 bits per heavy atom. The van der Waals surface area contributed by atoms with Crippen molar-refractivity contribution in [1.29, 1.82) is 5.26 Å². The van der Waals surface area contributed by atoms with Crippen molar-refractivity contribution in [2.45, 2.75) is 13.5 Å². The molecular weight excluding hydrogens is 176 g/mol. The van der Waals surface area contributed by atoms with Crippen LogP contribution < -0.4 is 0 Å². The third-order valence-corrected chi connectivity index (χ3v) is 2.09. The molecule has 2 rings (SSSR count). The number of rotatable bonds is 2. The van der Waals surface area contributed by atoms with Crippen LogP contribution in [-0.4, -0.2) is 15.0 Å². The van der Waals surface area contributed by atoms with Crippen molar-refractivity contribution in [3.05, 3.63) is 24.3 Å². The van der Waals surface area contributed by atoms with E-state index >= 15 is 0 Å². The van der Waals surface area contributed by atoms with E-state index in [1.54, 1.807) is 4.68 Å². The summed E-state index contributed by atoms with van der Waals surface area (Å²) in [6.07, 6.45) is 0. The minimum absolute atomic E-state index is 0.0416. The molecule has 0 saturated heterocycles. The van der Waals surface area contributed by atoms with Gasteiger partial charge >= 0.3 is 0 Å². The van der Waals surface area contributed by atoms with Crippen LogP contribution in [0.25, 0.3) is 11.0 Å². The lowest BCUT2D eigenvalue weighted by atomic mass is 10.2. The van der Waals surface area contributed by atoms with Gasteiger partial charge in [-0.25, -0.2) is 4.68 Å². The molecule has 1 aromatic carbocycles. The first-order chi connectivity index (χ1) is 6.81. The molecule has 1 unspecified atom stereocenters. The number of nitriles is 1. The summed E-state index contributed by atoms with van der Waals surface area (Å²) in [7, 11) is 0. The van der Waals surface area contributed by atoms with E-state index in [1.807, 2.05) is 31.2 Å². The van der Waals surface area contributed by atoms with Gasteiger partial charge in [-0.05, 0) is 19.1 Å². The summed E-state index contributed by atoms with van der Waals surface area (Å²) in [6.45, 7) is 2.47. The van der Waals surface area contributed by atoms with E-state index in [0.717, 1.165) is 11.0 Å². The Kier molecular flexibility index (Phi) is 2.15. The fraction of sp³-hybridized carbons (Fsp3) is 0.300. The molecular formula is C10H10N4. The van der Waals surface area contributed by atoms with Crippen molar-refractivity contribution in [3.8, 4) is 6.07 Å². The molecule has 0 radical (unpaired) electrons. The van der Waals surface area contributed by atoms with Gasteiger partial charge in [0, 0.05) is 0 Å². The second-order valence-electron chi connectivity index (χ2n) is 3.29. The summed E-state index contributed by atoms with van der Waals surface area (Å²) in [6, 6.07) is 9.92. The number of hydrogen-bond acceptors (Lipinski definition) is 3. The van der Waals surface area contributed by atoms with Gasteiger partial charge in [0.15, 0.2) is 0 Å². The van der Waals surface area contributed by atoms with E-state index in [-0.39, 0.29) is 5.92 Å². The van der Waals surface area contributed by atoms with E-state index < -0.39 is 0 Å². The minimum Gasteiger partial charge on any atom is -0.243 e. The zero-order valence-corrected chi connectivity index (χ0v) is 7.88. The molecule has 4 heteroatoms. The van der Waals surface area contributed by atoms with E-state index in [9.17, 15) is 0 Å². The lowest BCUT2D eigenvalue weighted by Gasteiger charge is -2.02. The highest BCUT2D eigenvalue weighted by molar-refractivity contribution is 5.73. The largest absolute Gasteiger partial charge is 0.243 e. The minimum atomic E-state index is -0.0416. The normalized spacial score (nSPS) is 12.6. The van der Waals surface area contributed by atoms with Crippen LogP contribution in [0.15, 0.2) is 24.3 Å². The number of nitrogens with zero attached hydrogens (tertiary/aromatic N) is 4. The Balaban J connectivity index is 2.39. The van der Waals surface area contributed by atoms with Crippen LogP contribution >= 0.6 is 0 Å². The summed E-state index contributed by atoms with van der Waals surface area (Å²) in [5.74, 6) is -0.0416. The average molecular weight is 186 g/mol. The highest BCUT2D eigenvalue weighted by Crippen LogP contribution is 2.11. The quantitative estimate of drug-likeness (QED) is 0.715. The number of para-hydroxylation sites is 1. The van der Waals surface area contributed by atoms with Crippen molar-refractivity contribution in [2.75, 3.05) is 0 Å². The molecule has 0 aliphatic rings. The molecule has 0 N–H and O–H groups in total. The maximum atomic E-state index is 8.69. The summed E-state index contributed by atoms with van der Waals surface area (Å²) in [5.41, 5.74) is 1.85. The molecule has 70 valence electrons. The molecule has 0 fully saturated rings. The van der Waals surface area contributed by atoms with Crippen LogP contribution in [0.2, 0.25) is 0 Å². The number of benzene rings is 1. The molecule has 0 amide bonds. The molecule has 0 bridgehead atoms. The van der Waals surface area contributed by atoms with E-state index in [4.69, 9.17) is 5.26 Å². The number of aromatic nitrogens is 3. The van der Waals surface area contributed by atoms with Crippen LogP contribution in [0.3, 0.4) is 0 Å². The van der Waals surface area contributed by atoms with Crippen molar-refractivity contribution < 1.29 is 0 Å². The molecule has 4 nitrogen and oxygen atoms in total. The van der Waals surface area contributed by atoms with Crippen LogP contribution in [0.4, 0.5) is 0 Å². The average Bonchev–Trinajstić information content (AvgIpc) is 2.62. The summed E-state index contributed by atoms with van der Waals surface area (Å²) in [4.78, 5) is 0. The number of hydrogen-bond donors (Lipinski definition) is 0. The molecule has 1 aromatic heterocycles. The van der Waals surface area contributed by atoms with Crippen LogP contribution in [0.5, 0.6) is 0 Å². The van der Waals surface area contributed by atoms with Gasteiger partial charge in [-0.15, -0.1) is 5.10 Å². The Morgan fingerprint density at radius 2 is 2.29 bits per heavy atom. The van der Waals surface area contributed by atoms with Crippen molar-refractivity contribution in [3.63, 3.8) is 0 Å². The first-order valence-corrected chi connectivity index (χ1v) is 4.49. The Labute approximate surface area is 81.8 Å². The molecule has 0 saturated carbocycles. The highest BCUT2D eigenvalue weighted by Gasteiger charge is 2.06. The van der Waals surface area contributed by atoms with Crippen molar-refractivity contribution in [1.82, 2.24) is 15.0 Å². The molecule has 2 aromatic rings. The number of fused-ring (bicyclic) bond motifs is 1. The van der Waals surface area contributed by atoms with Crippen LogP contribution in [0, 0.1) is 17.2 Å². The summed E-state index contributed by atoms with van der Waals surface area (Å²) < 4.78 is 1.77. The van der Waals surface area contributed by atoms with E-state index in [2.05, 4.69) is 16.4 Å². The molecule has 14 heavy (non-hydrogen) atoms. The van der Waals surface area contributed by atoms with Crippen molar-refractivity contribution in [2.24, 2.45) is 5.92 Å². The highest BCUT2D eigenvalue weighted by atomic mass is 15.4. The third-order valence-electron chi connectivity index (χ3n) is 2.09. The molecule has 1 atom stereocenters. The van der Waals surface area contributed by atoms with Crippen molar-refractivity contribution >= 4 is 11.0 Å². The SMILES string of the molecule is CC(C#N)Cn1nnc2ccccc21. The van der Waals surface area contributed by atoms with Gasteiger partial charge in [0.2, 0.25) is 0 Å². The molecule has 0 aliphatic carbocycles. The standard InChI is InChI=1S/C10H10N4/c1-8(6-11)7-14-10-5-3-2-4-9(10)12-13-14/h2-5,8H,7H2,1H3. The topological polar surface area (TPSA) is 54.5 Å². The van der Waals surface area contributed by atoms with Crippen LogP contribution in [-0.2, 0) is 6.54 Å². The predicted molar refractivity (Wildman–Crippen MR) is 52.3 cm³/mol. The van der Waals surface area contributed by atoms with Gasteiger partial charge in [0.25, 0.3) is 0 Å².